The third kappa shape index (κ3) is 24.3. The topological polar surface area (TPSA) is 102 Å². The molecule has 0 saturated heterocycles. The van der Waals surface area contributed by atoms with Gasteiger partial charge in [0.1, 0.15) is 11.2 Å². The number of unbranched alkanes of at least 4 members (excludes halogenated alkanes) is 6. The van der Waals surface area contributed by atoms with E-state index in [9.17, 15) is 14.7 Å². The lowest BCUT2D eigenvalue weighted by molar-refractivity contribution is -0.157. The molecule has 0 aliphatic carbocycles. The van der Waals surface area contributed by atoms with E-state index in [1.807, 2.05) is 41.5 Å². The van der Waals surface area contributed by atoms with E-state index < -0.39 is 16.8 Å². The van der Waals surface area contributed by atoms with Crippen LogP contribution in [0.5, 0.6) is 0 Å². The fourth-order valence-electron chi connectivity index (χ4n) is 4.56. The van der Waals surface area contributed by atoms with Gasteiger partial charge in [-0.2, -0.15) is 0 Å². The van der Waals surface area contributed by atoms with Gasteiger partial charge in [-0.3, -0.25) is 9.59 Å². The normalized spacial score (nSPS) is 13.0. The van der Waals surface area contributed by atoms with Crippen LogP contribution >= 0.6 is 0 Å². The molecule has 0 spiro atoms. The molecule has 0 radical (unpaired) electrons. The van der Waals surface area contributed by atoms with E-state index >= 15 is 0 Å². The molecule has 0 aliphatic rings. The molecule has 232 valence electrons. The van der Waals surface area contributed by atoms with Crippen molar-refractivity contribution < 1.29 is 34.0 Å². The first-order valence-corrected chi connectivity index (χ1v) is 15.4. The molecule has 7 heteroatoms. The van der Waals surface area contributed by atoms with Gasteiger partial charge in [0.15, 0.2) is 0 Å². The van der Waals surface area contributed by atoms with Crippen molar-refractivity contribution in [2.75, 3.05) is 13.2 Å². The van der Waals surface area contributed by atoms with Gasteiger partial charge in [-0.25, -0.2) is 0 Å². The van der Waals surface area contributed by atoms with Crippen LogP contribution < -0.4 is 0 Å². The Morgan fingerprint density at radius 2 is 0.949 bits per heavy atom. The maximum atomic E-state index is 12.4. The van der Waals surface area contributed by atoms with Gasteiger partial charge < -0.3 is 24.4 Å². The minimum Gasteiger partial charge on any atom is -0.460 e. The van der Waals surface area contributed by atoms with Gasteiger partial charge in [-0.15, -0.1) is 0 Å². The number of aliphatic hydroxyl groups excluding tert-OH is 1. The number of ether oxygens (including phenoxy) is 3. The fraction of sp³-hybridized carbons (Fsp3) is 0.938. The summed E-state index contributed by atoms with van der Waals surface area (Å²) in [6.45, 7) is 16.6. The highest BCUT2D eigenvalue weighted by Gasteiger charge is 2.25. The van der Waals surface area contributed by atoms with Crippen molar-refractivity contribution in [2.24, 2.45) is 0 Å². The maximum absolute atomic E-state index is 12.4. The van der Waals surface area contributed by atoms with Crippen LogP contribution in [0.15, 0.2) is 0 Å². The molecule has 0 aromatic rings. The number of rotatable bonds is 24. The first kappa shape index (κ1) is 37.8. The van der Waals surface area contributed by atoms with E-state index in [0.717, 1.165) is 89.9 Å². The summed E-state index contributed by atoms with van der Waals surface area (Å²) >= 11 is 0. The van der Waals surface area contributed by atoms with Crippen molar-refractivity contribution in [3.05, 3.63) is 0 Å². The van der Waals surface area contributed by atoms with Crippen molar-refractivity contribution in [1.82, 2.24) is 0 Å². The summed E-state index contributed by atoms with van der Waals surface area (Å²) in [4.78, 5) is 24.4. The van der Waals surface area contributed by atoms with Gasteiger partial charge >= 0.3 is 11.9 Å². The molecule has 0 saturated carbocycles. The zero-order chi connectivity index (χ0) is 30.0. The summed E-state index contributed by atoms with van der Waals surface area (Å²) in [5.74, 6) is -0.332. The maximum Gasteiger partial charge on any atom is 0.306 e. The molecule has 0 rings (SSSR count). The highest BCUT2D eigenvalue weighted by Crippen LogP contribution is 2.25. The van der Waals surface area contributed by atoms with Crippen molar-refractivity contribution >= 4 is 11.9 Å². The third-order valence-electron chi connectivity index (χ3n) is 6.96. The number of carbonyl (C=O) groups is 2. The molecular formula is C32H62O7. The molecular weight excluding hydrogens is 496 g/mol. The van der Waals surface area contributed by atoms with Gasteiger partial charge in [-0.1, -0.05) is 19.3 Å². The first-order valence-electron chi connectivity index (χ1n) is 15.4. The minimum absolute atomic E-state index is 0.150. The number of hydrogen-bond donors (Lipinski definition) is 2. The van der Waals surface area contributed by atoms with Gasteiger partial charge in [0, 0.05) is 26.1 Å². The molecule has 0 amide bonds. The second-order valence-corrected chi connectivity index (χ2v) is 13.6. The van der Waals surface area contributed by atoms with Crippen LogP contribution in [0.1, 0.15) is 158 Å². The molecule has 0 aromatic heterocycles. The Kier molecular flexibility index (Phi) is 18.5. The lowest BCUT2D eigenvalue weighted by atomic mass is 9.95. The Morgan fingerprint density at radius 1 is 0.538 bits per heavy atom. The van der Waals surface area contributed by atoms with Crippen molar-refractivity contribution in [1.29, 1.82) is 0 Å². The number of carbonyl (C=O) groups excluding carboxylic acids is 2. The van der Waals surface area contributed by atoms with Crippen LogP contribution in [0, 0.1) is 0 Å². The highest BCUT2D eigenvalue weighted by atomic mass is 16.6. The zero-order valence-corrected chi connectivity index (χ0v) is 26.7. The summed E-state index contributed by atoms with van der Waals surface area (Å²) in [5.41, 5.74) is -1.77. The van der Waals surface area contributed by atoms with Crippen molar-refractivity contribution in [2.45, 2.75) is 181 Å². The first-order chi connectivity index (χ1) is 18.0. The number of hydrogen-bond acceptors (Lipinski definition) is 7. The van der Waals surface area contributed by atoms with E-state index in [1.54, 1.807) is 0 Å². The molecule has 0 aromatic carbocycles. The lowest BCUT2D eigenvalue weighted by Gasteiger charge is -2.28. The Morgan fingerprint density at radius 3 is 1.41 bits per heavy atom. The van der Waals surface area contributed by atoms with Crippen LogP contribution in [0.3, 0.4) is 0 Å². The van der Waals surface area contributed by atoms with E-state index in [4.69, 9.17) is 19.3 Å². The van der Waals surface area contributed by atoms with Crippen molar-refractivity contribution in [3.63, 3.8) is 0 Å². The molecule has 0 fully saturated rings. The monoisotopic (exact) mass is 558 g/mol. The predicted octanol–water partition coefficient (Wildman–Crippen LogP) is 7.43. The van der Waals surface area contributed by atoms with Crippen LogP contribution in [0.4, 0.5) is 0 Å². The van der Waals surface area contributed by atoms with Crippen LogP contribution in [-0.2, 0) is 23.8 Å². The van der Waals surface area contributed by atoms with E-state index in [2.05, 4.69) is 13.8 Å². The molecule has 0 heterocycles. The van der Waals surface area contributed by atoms with Crippen LogP contribution in [0.2, 0.25) is 0 Å². The Balaban J connectivity index is 4.02. The van der Waals surface area contributed by atoms with E-state index in [-0.39, 0.29) is 24.1 Å². The summed E-state index contributed by atoms with van der Waals surface area (Å²) in [5, 5.41) is 18.6. The Bertz CT molecular complexity index is 662. The van der Waals surface area contributed by atoms with Gasteiger partial charge in [0.2, 0.25) is 0 Å². The number of aliphatic hydroxyl groups is 2. The van der Waals surface area contributed by atoms with Crippen LogP contribution in [-0.4, -0.2) is 57.8 Å². The second-order valence-electron chi connectivity index (χ2n) is 13.6. The molecule has 39 heavy (non-hydrogen) atoms. The SMILES string of the molecule is CC(C)(O)CCCCOC(C)(C)CCCCC(C)(C)OC(=O)CCCCCC(C)(C)OC(=O)CCCCCO. The quantitative estimate of drug-likeness (QED) is 0.0938. The summed E-state index contributed by atoms with van der Waals surface area (Å²) in [6, 6.07) is 0. The zero-order valence-electron chi connectivity index (χ0n) is 26.7. The summed E-state index contributed by atoms with van der Waals surface area (Å²) < 4.78 is 17.4. The standard InChI is InChI=1S/C32H62O7/c1-29(2,36)21-16-18-26-37-30(3,4)22-14-15-24-32(7,8)39-27(34)19-11-9-13-23-31(5,6)38-28(35)20-12-10-17-25-33/h33,36H,9-26H2,1-8H3. The molecule has 0 bridgehead atoms. The smallest absolute Gasteiger partial charge is 0.306 e. The molecule has 0 atom stereocenters. The Labute approximate surface area is 239 Å². The second kappa shape index (κ2) is 19.0. The molecule has 7 nitrogen and oxygen atoms in total. The minimum atomic E-state index is -0.608. The van der Waals surface area contributed by atoms with E-state index in [1.165, 1.54) is 0 Å². The Hall–Kier alpha value is -1.18. The van der Waals surface area contributed by atoms with Crippen molar-refractivity contribution in [3.8, 4) is 0 Å². The molecule has 0 aliphatic heterocycles. The summed E-state index contributed by atoms with van der Waals surface area (Å²) in [7, 11) is 0. The lowest BCUT2D eigenvalue weighted by Crippen LogP contribution is -2.29. The van der Waals surface area contributed by atoms with Gasteiger partial charge in [0.25, 0.3) is 0 Å². The molecule has 2 N–H and O–H groups in total. The van der Waals surface area contributed by atoms with Gasteiger partial charge in [0.05, 0.1) is 11.2 Å². The van der Waals surface area contributed by atoms with E-state index in [0.29, 0.717) is 19.4 Å². The van der Waals surface area contributed by atoms with Crippen LogP contribution in [0.25, 0.3) is 0 Å². The predicted molar refractivity (Wildman–Crippen MR) is 158 cm³/mol. The summed E-state index contributed by atoms with van der Waals surface area (Å²) in [6.07, 6.45) is 12.9. The average Bonchev–Trinajstić information content (AvgIpc) is 2.77. The fourth-order valence-corrected chi connectivity index (χ4v) is 4.56. The number of esters is 2. The van der Waals surface area contributed by atoms with Gasteiger partial charge in [-0.05, 0) is 126 Å². The third-order valence-corrected chi connectivity index (χ3v) is 6.96. The highest BCUT2D eigenvalue weighted by molar-refractivity contribution is 5.70. The largest absolute Gasteiger partial charge is 0.460 e. The average molecular weight is 559 g/mol. The molecule has 0 unspecified atom stereocenters.